The molecule has 0 unspecified atom stereocenters. The molecule has 0 radical (unpaired) electrons. The predicted molar refractivity (Wildman–Crippen MR) is 99.0 cm³/mol. The maximum absolute atomic E-state index is 12.1. The molecule has 7 nitrogen and oxygen atoms in total. The summed E-state index contributed by atoms with van der Waals surface area (Å²) in [5.41, 5.74) is 8.89. The van der Waals surface area contributed by atoms with E-state index in [1.54, 1.807) is 31.3 Å². The first-order chi connectivity index (χ1) is 12.6. The van der Waals surface area contributed by atoms with Crippen molar-refractivity contribution in [3.05, 3.63) is 53.6 Å². The number of esters is 1. The number of fused-ring (bicyclic) bond motifs is 1. The molecule has 0 atom stereocenters. The van der Waals surface area contributed by atoms with Gasteiger partial charge in [-0.15, -0.1) is 0 Å². The summed E-state index contributed by atoms with van der Waals surface area (Å²) in [4.78, 5) is 28.7. The van der Waals surface area contributed by atoms with E-state index < -0.39 is 5.97 Å². The zero-order valence-electron chi connectivity index (χ0n) is 14.7. The van der Waals surface area contributed by atoms with Crippen LogP contribution >= 0.6 is 0 Å². The number of ether oxygens (including phenoxy) is 1. The number of benzene rings is 2. The van der Waals surface area contributed by atoms with Crippen molar-refractivity contribution in [1.82, 2.24) is 14.9 Å². The summed E-state index contributed by atoms with van der Waals surface area (Å²) in [6, 6.07) is 12.4. The van der Waals surface area contributed by atoms with Gasteiger partial charge in [-0.1, -0.05) is 18.2 Å². The molecule has 0 aliphatic rings. The van der Waals surface area contributed by atoms with Crippen molar-refractivity contribution in [2.75, 3.05) is 20.7 Å². The number of carbonyl (C=O) groups excluding carboxylic acids is 2. The molecular weight excluding hydrogens is 332 g/mol. The van der Waals surface area contributed by atoms with E-state index in [0.717, 1.165) is 5.52 Å². The fourth-order valence-corrected chi connectivity index (χ4v) is 2.94. The monoisotopic (exact) mass is 352 g/mol. The molecule has 1 aromatic heterocycles. The first-order valence-corrected chi connectivity index (χ1v) is 8.20. The van der Waals surface area contributed by atoms with Crippen LogP contribution < -0.4 is 11.1 Å². The highest BCUT2D eigenvalue weighted by molar-refractivity contribution is 5.99. The molecule has 0 bridgehead atoms. The van der Waals surface area contributed by atoms with Gasteiger partial charge >= 0.3 is 5.97 Å². The minimum absolute atomic E-state index is 0.184. The molecule has 0 aliphatic carbocycles. The lowest BCUT2D eigenvalue weighted by Gasteiger charge is -2.11. The first kappa shape index (κ1) is 17.6. The van der Waals surface area contributed by atoms with Crippen LogP contribution in [0.3, 0.4) is 0 Å². The highest BCUT2D eigenvalue weighted by Crippen LogP contribution is 2.28. The van der Waals surface area contributed by atoms with Gasteiger partial charge in [0.05, 0.1) is 23.7 Å². The normalized spacial score (nSPS) is 10.7. The van der Waals surface area contributed by atoms with Crippen LogP contribution in [0.4, 0.5) is 0 Å². The second kappa shape index (κ2) is 7.37. The number of imidazole rings is 1. The number of rotatable bonds is 5. The Labute approximate surface area is 150 Å². The second-order valence-electron chi connectivity index (χ2n) is 5.70. The molecule has 0 fully saturated rings. The minimum Gasteiger partial charge on any atom is -0.465 e. The van der Waals surface area contributed by atoms with Crippen LogP contribution in [0.5, 0.6) is 0 Å². The summed E-state index contributed by atoms with van der Waals surface area (Å²) in [7, 11) is 2.93. The third-order valence-electron chi connectivity index (χ3n) is 4.16. The molecule has 7 heteroatoms. The van der Waals surface area contributed by atoms with E-state index in [1.807, 2.05) is 22.8 Å². The van der Waals surface area contributed by atoms with Crippen LogP contribution in [-0.4, -0.2) is 42.1 Å². The van der Waals surface area contributed by atoms with Crippen LogP contribution in [0.1, 0.15) is 20.7 Å². The highest BCUT2D eigenvalue weighted by atomic mass is 16.5. The van der Waals surface area contributed by atoms with Crippen LogP contribution in [0.15, 0.2) is 42.5 Å². The Morgan fingerprint density at radius 1 is 1.23 bits per heavy atom. The van der Waals surface area contributed by atoms with E-state index in [0.29, 0.717) is 41.1 Å². The molecule has 3 aromatic rings. The lowest BCUT2D eigenvalue weighted by molar-refractivity contribution is 0.0601. The molecule has 0 saturated carbocycles. The van der Waals surface area contributed by atoms with Crippen LogP contribution in [0.25, 0.3) is 22.4 Å². The van der Waals surface area contributed by atoms with Crippen LogP contribution in [0, 0.1) is 0 Å². The summed E-state index contributed by atoms with van der Waals surface area (Å²) in [5, 5.41) is 2.60. The van der Waals surface area contributed by atoms with Gasteiger partial charge in [0.25, 0.3) is 5.91 Å². The fraction of sp³-hybridized carbons (Fsp3) is 0.211. The third kappa shape index (κ3) is 3.04. The average molecular weight is 352 g/mol. The Hall–Kier alpha value is -3.19. The number of aromatic nitrogens is 2. The van der Waals surface area contributed by atoms with Crippen molar-refractivity contribution >= 4 is 22.9 Å². The van der Waals surface area contributed by atoms with E-state index in [-0.39, 0.29) is 5.91 Å². The number of nitrogens with two attached hydrogens (primary N) is 1. The number of nitrogens with one attached hydrogen (secondary N) is 1. The molecule has 0 saturated heterocycles. The molecule has 2 aromatic carbocycles. The Morgan fingerprint density at radius 2 is 2.00 bits per heavy atom. The van der Waals surface area contributed by atoms with Gasteiger partial charge in [-0.25, -0.2) is 9.78 Å². The largest absolute Gasteiger partial charge is 0.465 e. The maximum atomic E-state index is 12.1. The molecule has 0 spiro atoms. The van der Waals surface area contributed by atoms with Gasteiger partial charge in [-0.05, 0) is 24.3 Å². The Kier molecular flexibility index (Phi) is 4.99. The van der Waals surface area contributed by atoms with Gasteiger partial charge in [0.2, 0.25) is 0 Å². The van der Waals surface area contributed by atoms with Crippen molar-refractivity contribution in [1.29, 1.82) is 0 Å². The summed E-state index contributed by atoms with van der Waals surface area (Å²) in [5.74, 6) is -0.00435. The lowest BCUT2D eigenvalue weighted by Crippen LogP contribution is -2.17. The van der Waals surface area contributed by atoms with Crippen molar-refractivity contribution in [3.63, 3.8) is 0 Å². The maximum Gasteiger partial charge on any atom is 0.338 e. The molecule has 1 heterocycles. The Morgan fingerprint density at radius 3 is 2.69 bits per heavy atom. The predicted octanol–water partition coefficient (Wildman–Crippen LogP) is 1.81. The van der Waals surface area contributed by atoms with E-state index in [2.05, 4.69) is 10.3 Å². The van der Waals surface area contributed by atoms with E-state index in [9.17, 15) is 9.59 Å². The molecule has 0 aliphatic heterocycles. The molecule has 3 N–H and O–H groups in total. The molecule has 3 rings (SSSR count). The first-order valence-electron chi connectivity index (χ1n) is 8.20. The minimum atomic E-state index is -0.432. The average Bonchev–Trinajstić information content (AvgIpc) is 3.04. The van der Waals surface area contributed by atoms with E-state index >= 15 is 0 Å². The van der Waals surface area contributed by atoms with Gasteiger partial charge < -0.3 is 20.4 Å². The number of hydrogen-bond donors (Lipinski definition) is 2. The Balaban J connectivity index is 2.24. The van der Waals surface area contributed by atoms with Crippen molar-refractivity contribution in [3.8, 4) is 11.4 Å². The number of methoxy groups -OCH3 is 1. The zero-order chi connectivity index (χ0) is 18.7. The molecular formula is C19H20N4O3. The van der Waals surface area contributed by atoms with Crippen LogP contribution in [-0.2, 0) is 11.3 Å². The third-order valence-corrected chi connectivity index (χ3v) is 4.16. The number of hydrogen-bond acceptors (Lipinski definition) is 5. The summed E-state index contributed by atoms with van der Waals surface area (Å²) < 4.78 is 6.83. The smallest absolute Gasteiger partial charge is 0.338 e. The van der Waals surface area contributed by atoms with Crippen molar-refractivity contribution in [2.45, 2.75) is 6.54 Å². The van der Waals surface area contributed by atoms with Gasteiger partial charge in [-0.3, -0.25) is 4.79 Å². The van der Waals surface area contributed by atoms with Crippen molar-refractivity contribution < 1.29 is 14.3 Å². The lowest BCUT2D eigenvalue weighted by atomic mass is 10.1. The van der Waals surface area contributed by atoms with E-state index in [4.69, 9.17) is 10.5 Å². The van der Waals surface area contributed by atoms with Gasteiger partial charge in [0, 0.05) is 31.3 Å². The topological polar surface area (TPSA) is 99.2 Å². The summed E-state index contributed by atoms with van der Waals surface area (Å²) in [6.45, 7) is 0.941. The second-order valence-corrected chi connectivity index (χ2v) is 5.70. The van der Waals surface area contributed by atoms with Gasteiger partial charge in [0.1, 0.15) is 5.82 Å². The van der Waals surface area contributed by atoms with Gasteiger partial charge in [0.15, 0.2) is 0 Å². The number of amides is 1. The SMILES string of the molecule is CNC(=O)c1ccc2c(c1)nc(-c1ccccc1C(=O)OC)n2CCN. The van der Waals surface area contributed by atoms with E-state index in [1.165, 1.54) is 7.11 Å². The highest BCUT2D eigenvalue weighted by Gasteiger charge is 2.19. The summed E-state index contributed by atoms with van der Waals surface area (Å²) in [6.07, 6.45) is 0. The standard InChI is InChI=1S/C19H20N4O3/c1-21-18(24)12-7-8-16-15(11-12)22-17(23(16)10-9-20)13-5-3-4-6-14(13)19(25)26-2/h3-8,11H,9-10,20H2,1-2H3,(H,21,24). The Bertz CT molecular complexity index is 978. The van der Waals surface area contributed by atoms with Crippen molar-refractivity contribution in [2.24, 2.45) is 5.73 Å². The quantitative estimate of drug-likeness (QED) is 0.682. The molecule has 1 amide bonds. The van der Waals surface area contributed by atoms with Gasteiger partial charge in [-0.2, -0.15) is 0 Å². The zero-order valence-corrected chi connectivity index (χ0v) is 14.7. The molecule has 26 heavy (non-hydrogen) atoms. The molecule has 134 valence electrons. The number of nitrogens with zero attached hydrogens (tertiary/aromatic N) is 2. The summed E-state index contributed by atoms with van der Waals surface area (Å²) >= 11 is 0. The van der Waals surface area contributed by atoms with Crippen LogP contribution in [0.2, 0.25) is 0 Å². The fourth-order valence-electron chi connectivity index (χ4n) is 2.94. The number of carbonyl (C=O) groups is 2.